The molecule has 0 bridgehead atoms. The minimum Gasteiger partial charge on any atom is -0.480 e. The lowest BCUT2D eigenvalue weighted by Gasteiger charge is -2.27. The number of nitrogens with zero attached hydrogens (tertiary/aromatic N) is 1. The number of aliphatic carboxylic acids is 1. The normalized spacial score (nSPS) is 22.2. The molecule has 0 radical (unpaired) electrons. The van der Waals surface area contributed by atoms with Gasteiger partial charge in [-0.3, -0.25) is 14.9 Å². The van der Waals surface area contributed by atoms with E-state index in [1.807, 2.05) is 0 Å². The Labute approximate surface area is 99.9 Å². The summed E-state index contributed by atoms with van der Waals surface area (Å²) in [6, 6.07) is -0.569. The van der Waals surface area contributed by atoms with Crippen LogP contribution < -0.4 is 5.32 Å². The molecule has 6 nitrogen and oxygen atoms in total. The lowest BCUT2D eigenvalue weighted by molar-refractivity contribution is -0.140. The van der Waals surface area contributed by atoms with Gasteiger partial charge in [-0.2, -0.15) is 0 Å². The number of hydrogen-bond donors (Lipinski definition) is 2. The lowest BCUT2D eigenvalue weighted by atomic mass is 10.2. The van der Waals surface area contributed by atoms with Crippen LogP contribution in [0.1, 0.15) is 12.8 Å². The Bertz CT molecular complexity index is 298. The molecule has 0 spiro atoms. The highest BCUT2D eigenvalue weighted by Crippen LogP contribution is 2.32. The molecule has 96 valence electrons. The Morgan fingerprint density at radius 1 is 1.35 bits per heavy atom. The minimum absolute atomic E-state index is 0.0415. The first-order valence-electron chi connectivity index (χ1n) is 6.00. The molecule has 1 heterocycles. The molecule has 6 heteroatoms. The number of hydrogen-bond acceptors (Lipinski definition) is 4. The van der Waals surface area contributed by atoms with Gasteiger partial charge in [-0.05, 0) is 18.8 Å². The molecule has 1 atom stereocenters. The third-order valence-corrected chi connectivity index (χ3v) is 3.20. The van der Waals surface area contributed by atoms with Gasteiger partial charge in [0.25, 0.3) is 0 Å². The number of carboxylic acids is 1. The van der Waals surface area contributed by atoms with Crippen molar-refractivity contribution in [3.63, 3.8) is 0 Å². The van der Waals surface area contributed by atoms with Crippen LogP contribution >= 0.6 is 0 Å². The van der Waals surface area contributed by atoms with E-state index in [0.717, 1.165) is 12.8 Å². The number of rotatable bonds is 5. The van der Waals surface area contributed by atoms with Crippen molar-refractivity contribution in [2.24, 2.45) is 5.92 Å². The number of carboxylic acid groups (broad SMARTS) is 1. The summed E-state index contributed by atoms with van der Waals surface area (Å²) in [5.41, 5.74) is 0. The Balaban J connectivity index is 1.75. The van der Waals surface area contributed by atoms with Crippen molar-refractivity contribution in [2.75, 3.05) is 32.8 Å². The maximum absolute atomic E-state index is 11.8. The molecule has 0 aromatic heterocycles. The summed E-state index contributed by atoms with van der Waals surface area (Å²) in [4.78, 5) is 24.5. The first kappa shape index (κ1) is 12.3. The fraction of sp³-hybridized carbons (Fsp3) is 0.818. The zero-order chi connectivity index (χ0) is 12.3. The highest BCUT2D eigenvalue weighted by molar-refractivity contribution is 5.80. The highest BCUT2D eigenvalue weighted by atomic mass is 16.5. The third kappa shape index (κ3) is 3.41. The second-order valence-electron chi connectivity index (χ2n) is 4.53. The lowest BCUT2D eigenvalue weighted by Crippen LogP contribution is -2.48. The summed E-state index contributed by atoms with van der Waals surface area (Å²) in [5, 5.41) is 11.8. The average molecular weight is 242 g/mol. The summed E-state index contributed by atoms with van der Waals surface area (Å²) in [6.07, 6.45) is 1.88. The Morgan fingerprint density at radius 2 is 2.00 bits per heavy atom. The maximum atomic E-state index is 11.8. The van der Waals surface area contributed by atoms with Crippen LogP contribution in [-0.2, 0) is 14.3 Å². The second kappa shape index (κ2) is 5.46. The van der Waals surface area contributed by atoms with Crippen molar-refractivity contribution in [3.05, 3.63) is 0 Å². The predicted octanol–water partition coefficient (Wildman–Crippen LogP) is -0.702. The van der Waals surface area contributed by atoms with Crippen molar-refractivity contribution in [1.82, 2.24) is 10.2 Å². The number of amides is 1. The van der Waals surface area contributed by atoms with Gasteiger partial charge in [-0.15, -0.1) is 0 Å². The first-order chi connectivity index (χ1) is 8.18. The molecule has 1 saturated heterocycles. The Hall–Kier alpha value is -1.14. The van der Waals surface area contributed by atoms with E-state index in [4.69, 9.17) is 9.84 Å². The van der Waals surface area contributed by atoms with E-state index in [-0.39, 0.29) is 18.4 Å². The molecule has 0 aromatic carbocycles. The van der Waals surface area contributed by atoms with Crippen molar-refractivity contribution in [2.45, 2.75) is 18.9 Å². The molecule has 0 aromatic rings. The van der Waals surface area contributed by atoms with Gasteiger partial charge in [0.1, 0.15) is 6.04 Å². The number of morpholine rings is 1. The van der Waals surface area contributed by atoms with Crippen LogP contribution in [0.25, 0.3) is 0 Å². The molecule has 2 N–H and O–H groups in total. The SMILES string of the molecule is O=C(O)C(NCC(=O)N1CCOCC1)C1CC1. The molecule has 2 rings (SSSR count). The molecular weight excluding hydrogens is 224 g/mol. The van der Waals surface area contributed by atoms with Crippen LogP contribution in [0.5, 0.6) is 0 Å². The van der Waals surface area contributed by atoms with Gasteiger partial charge in [0, 0.05) is 13.1 Å². The van der Waals surface area contributed by atoms with E-state index in [9.17, 15) is 9.59 Å². The zero-order valence-electron chi connectivity index (χ0n) is 9.72. The van der Waals surface area contributed by atoms with E-state index < -0.39 is 12.0 Å². The fourth-order valence-electron chi connectivity index (χ4n) is 2.01. The van der Waals surface area contributed by atoms with Gasteiger partial charge in [0.2, 0.25) is 5.91 Å². The van der Waals surface area contributed by atoms with E-state index in [1.54, 1.807) is 4.90 Å². The van der Waals surface area contributed by atoms with E-state index in [1.165, 1.54) is 0 Å². The molecular formula is C11H18N2O4. The van der Waals surface area contributed by atoms with Gasteiger partial charge in [-0.1, -0.05) is 0 Å². The molecule has 2 fully saturated rings. The van der Waals surface area contributed by atoms with E-state index >= 15 is 0 Å². The van der Waals surface area contributed by atoms with Gasteiger partial charge >= 0.3 is 5.97 Å². The largest absolute Gasteiger partial charge is 0.480 e. The van der Waals surface area contributed by atoms with Gasteiger partial charge in [0.15, 0.2) is 0 Å². The molecule has 1 unspecified atom stereocenters. The number of carbonyl (C=O) groups excluding carboxylic acids is 1. The van der Waals surface area contributed by atoms with Crippen LogP contribution in [-0.4, -0.2) is 60.8 Å². The summed E-state index contributed by atoms with van der Waals surface area (Å²) in [7, 11) is 0. The Kier molecular flexibility index (Phi) is 3.96. The molecule has 1 aliphatic heterocycles. The monoisotopic (exact) mass is 242 g/mol. The zero-order valence-corrected chi connectivity index (χ0v) is 9.72. The van der Waals surface area contributed by atoms with E-state index in [0.29, 0.717) is 26.3 Å². The summed E-state index contributed by atoms with van der Waals surface area (Å²) in [6.45, 7) is 2.43. The van der Waals surface area contributed by atoms with Crippen molar-refractivity contribution < 1.29 is 19.4 Å². The molecule has 17 heavy (non-hydrogen) atoms. The van der Waals surface area contributed by atoms with Crippen molar-refractivity contribution >= 4 is 11.9 Å². The average Bonchev–Trinajstić information content (AvgIpc) is 3.14. The van der Waals surface area contributed by atoms with Crippen molar-refractivity contribution in [3.8, 4) is 0 Å². The molecule has 2 aliphatic rings. The second-order valence-corrected chi connectivity index (χ2v) is 4.53. The predicted molar refractivity (Wildman–Crippen MR) is 59.5 cm³/mol. The van der Waals surface area contributed by atoms with Gasteiger partial charge in [0.05, 0.1) is 19.8 Å². The molecule has 1 aliphatic carbocycles. The fourth-order valence-corrected chi connectivity index (χ4v) is 2.01. The quantitative estimate of drug-likeness (QED) is 0.666. The van der Waals surface area contributed by atoms with Crippen LogP contribution in [0.3, 0.4) is 0 Å². The molecule has 1 amide bonds. The van der Waals surface area contributed by atoms with Gasteiger partial charge in [-0.25, -0.2) is 0 Å². The smallest absolute Gasteiger partial charge is 0.320 e. The number of carbonyl (C=O) groups is 2. The van der Waals surface area contributed by atoms with Crippen LogP contribution in [0, 0.1) is 5.92 Å². The topological polar surface area (TPSA) is 78.9 Å². The minimum atomic E-state index is -0.859. The number of nitrogens with one attached hydrogen (secondary N) is 1. The van der Waals surface area contributed by atoms with E-state index in [2.05, 4.69) is 5.32 Å². The summed E-state index contributed by atoms with van der Waals surface area (Å²) < 4.78 is 5.15. The van der Waals surface area contributed by atoms with Crippen LogP contribution in [0.15, 0.2) is 0 Å². The standard InChI is InChI=1S/C11H18N2O4/c14-9(13-3-5-17-6-4-13)7-12-10(11(15)16)8-1-2-8/h8,10,12H,1-7H2,(H,15,16). The van der Waals surface area contributed by atoms with Crippen LogP contribution in [0.2, 0.25) is 0 Å². The summed E-state index contributed by atoms with van der Waals surface area (Å²) in [5.74, 6) is -0.701. The third-order valence-electron chi connectivity index (χ3n) is 3.20. The first-order valence-corrected chi connectivity index (χ1v) is 6.00. The van der Waals surface area contributed by atoms with Crippen LogP contribution in [0.4, 0.5) is 0 Å². The highest BCUT2D eigenvalue weighted by Gasteiger charge is 2.36. The number of ether oxygens (including phenoxy) is 1. The molecule has 1 saturated carbocycles. The Morgan fingerprint density at radius 3 is 2.53 bits per heavy atom. The maximum Gasteiger partial charge on any atom is 0.320 e. The summed E-state index contributed by atoms with van der Waals surface area (Å²) >= 11 is 0. The van der Waals surface area contributed by atoms with Gasteiger partial charge < -0.3 is 14.7 Å². The van der Waals surface area contributed by atoms with Crippen molar-refractivity contribution in [1.29, 1.82) is 0 Å².